The molecule has 1 saturated heterocycles. The molecule has 1 unspecified atom stereocenters. The molecule has 3 heterocycles. The van der Waals surface area contributed by atoms with Crippen molar-refractivity contribution in [2.75, 3.05) is 20.3 Å². The number of aliphatic hydroxyl groups is 1. The zero-order chi connectivity index (χ0) is 28.1. The van der Waals surface area contributed by atoms with E-state index in [1.807, 2.05) is 16.7 Å². The summed E-state index contributed by atoms with van der Waals surface area (Å²) in [5.41, 5.74) is 8.95. The maximum atomic E-state index is 15.7. The van der Waals surface area contributed by atoms with E-state index in [-0.39, 0.29) is 17.3 Å². The lowest BCUT2D eigenvalue weighted by Crippen LogP contribution is -2.28. The van der Waals surface area contributed by atoms with E-state index in [2.05, 4.69) is 4.98 Å². The standard InChI is InChI=1S/C30H35F2N5O2/c1-17(33)28(36(4)34)21-15-25-22(14-24(21)32)27-26(13-19(16-35-27)30(2,3)38)37(25)29(18-9-11-39-12-10-18)20-7-5-6-8-23(20)31/h5-8,13-16,18,29,38H,9-12,33-34H2,1-4H3/b28-17-. The predicted octanol–water partition coefficient (Wildman–Crippen LogP) is 5.16. The van der Waals surface area contributed by atoms with Crippen molar-refractivity contribution in [3.05, 3.63) is 82.7 Å². The zero-order valence-electron chi connectivity index (χ0n) is 22.7. The molecule has 2 aromatic carbocycles. The van der Waals surface area contributed by atoms with E-state index >= 15 is 8.78 Å². The predicted molar refractivity (Wildman–Crippen MR) is 149 cm³/mol. The lowest BCUT2D eigenvalue weighted by Gasteiger charge is -2.33. The number of benzene rings is 2. The lowest BCUT2D eigenvalue weighted by atomic mass is 9.86. The van der Waals surface area contributed by atoms with E-state index in [0.717, 1.165) is 12.8 Å². The summed E-state index contributed by atoms with van der Waals surface area (Å²) in [6.45, 7) is 6.17. The van der Waals surface area contributed by atoms with Gasteiger partial charge >= 0.3 is 0 Å². The van der Waals surface area contributed by atoms with Crippen LogP contribution in [0.15, 0.2) is 54.4 Å². The van der Waals surface area contributed by atoms with Gasteiger partial charge in [-0.3, -0.25) is 4.98 Å². The van der Waals surface area contributed by atoms with Crippen LogP contribution in [0.25, 0.3) is 27.6 Å². The van der Waals surface area contributed by atoms with Gasteiger partial charge in [0, 0.05) is 54.2 Å². The number of rotatable bonds is 6. The molecule has 9 heteroatoms. The summed E-state index contributed by atoms with van der Waals surface area (Å²) in [6, 6.07) is 11.4. The quantitative estimate of drug-likeness (QED) is 0.233. The van der Waals surface area contributed by atoms with Gasteiger partial charge in [-0.05, 0) is 63.8 Å². The Kier molecular flexibility index (Phi) is 7.09. The number of halogens is 2. The molecule has 2 aromatic heterocycles. The normalized spacial score (nSPS) is 16.5. The SMILES string of the molecule is C/C(N)=C(\c1cc2c(cc1F)c1ncc(C(C)(C)O)cc1n2C(c1ccccc1F)C1CCOCC1)N(C)N. The average molecular weight is 536 g/mol. The first-order chi connectivity index (χ1) is 18.5. The smallest absolute Gasteiger partial charge is 0.133 e. The number of hydrogen-bond donors (Lipinski definition) is 3. The number of nitrogens with two attached hydrogens (primary N) is 2. The molecule has 1 aliphatic heterocycles. The van der Waals surface area contributed by atoms with Crippen LogP contribution in [0, 0.1) is 17.6 Å². The third-order valence-electron chi connectivity index (χ3n) is 7.63. The largest absolute Gasteiger partial charge is 0.401 e. The van der Waals surface area contributed by atoms with E-state index in [1.165, 1.54) is 17.1 Å². The number of hydrazine groups is 1. The highest BCUT2D eigenvalue weighted by Gasteiger charge is 2.33. The Morgan fingerprint density at radius 3 is 2.44 bits per heavy atom. The van der Waals surface area contributed by atoms with Crippen LogP contribution < -0.4 is 11.6 Å². The molecule has 4 aromatic rings. The highest BCUT2D eigenvalue weighted by atomic mass is 19.1. The fourth-order valence-electron chi connectivity index (χ4n) is 5.77. The van der Waals surface area contributed by atoms with Crippen LogP contribution in [0.4, 0.5) is 8.78 Å². The van der Waals surface area contributed by atoms with E-state index in [1.54, 1.807) is 52.2 Å². The van der Waals surface area contributed by atoms with Crippen molar-refractivity contribution in [1.82, 2.24) is 14.6 Å². The molecule has 1 aliphatic rings. The van der Waals surface area contributed by atoms with Crippen molar-refractivity contribution >= 4 is 27.6 Å². The molecule has 0 saturated carbocycles. The van der Waals surface area contributed by atoms with E-state index in [4.69, 9.17) is 16.3 Å². The fourth-order valence-corrected chi connectivity index (χ4v) is 5.77. The Bertz CT molecular complexity index is 1560. The first-order valence-corrected chi connectivity index (χ1v) is 13.1. The average Bonchev–Trinajstić information content (AvgIpc) is 3.18. The van der Waals surface area contributed by atoms with Crippen LogP contribution in [0.2, 0.25) is 0 Å². The number of pyridine rings is 1. The summed E-state index contributed by atoms with van der Waals surface area (Å²) >= 11 is 0. The Hall–Kier alpha value is -3.53. The van der Waals surface area contributed by atoms with Gasteiger partial charge < -0.3 is 25.2 Å². The topological polar surface area (TPSA) is 103 Å². The van der Waals surface area contributed by atoms with Gasteiger partial charge in [-0.25, -0.2) is 14.6 Å². The summed E-state index contributed by atoms with van der Waals surface area (Å²) in [7, 11) is 1.60. The maximum absolute atomic E-state index is 15.7. The minimum Gasteiger partial charge on any atom is -0.401 e. The second-order valence-electron chi connectivity index (χ2n) is 10.9. The van der Waals surface area contributed by atoms with E-state index < -0.39 is 17.5 Å². The first kappa shape index (κ1) is 27.1. The van der Waals surface area contributed by atoms with Crippen molar-refractivity contribution in [2.24, 2.45) is 17.5 Å². The molecule has 0 bridgehead atoms. The molecule has 7 nitrogen and oxygen atoms in total. The Morgan fingerprint density at radius 2 is 1.82 bits per heavy atom. The van der Waals surface area contributed by atoms with Crippen molar-refractivity contribution in [2.45, 2.75) is 45.3 Å². The van der Waals surface area contributed by atoms with Gasteiger partial charge in [0.25, 0.3) is 0 Å². The number of hydrogen-bond acceptors (Lipinski definition) is 6. The summed E-state index contributed by atoms with van der Waals surface area (Å²) in [6.07, 6.45) is 3.06. The highest BCUT2D eigenvalue weighted by molar-refractivity contribution is 6.07. The monoisotopic (exact) mass is 535 g/mol. The van der Waals surface area contributed by atoms with Gasteiger partial charge in [-0.15, -0.1) is 0 Å². The summed E-state index contributed by atoms with van der Waals surface area (Å²) < 4.78 is 38.9. The number of aromatic nitrogens is 2. The molecular formula is C30H35F2N5O2. The van der Waals surface area contributed by atoms with Crippen molar-refractivity contribution in [3.8, 4) is 0 Å². The van der Waals surface area contributed by atoms with Crippen LogP contribution in [0.3, 0.4) is 0 Å². The summed E-state index contributed by atoms with van der Waals surface area (Å²) in [5.74, 6) is 5.29. The maximum Gasteiger partial charge on any atom is 0.133 e. The summed E-state index contributed by atoms with van der Waals surface area (Å²) in [4.78, 5) is 4.69. The third-order valence-corrected chi connectivity index (χ3v) is 7.63. The minimum absolute atomic E-state index is 0.0391. The van der Waals surface area contributed by atoms with Crippen molar-refractivity contribution < 1.29 is 18.6 Å². The minimum atomic E-state index is -1.17. The molecule has 0 radical (unpaired) electrons. The van der Waals surface area contributed by atoms with E-state index in [0.29, 0.717) is 57.7 Å². The number of fused-ring (bicyclic) bond motifs is 3. The van der Waals surface area contributed by atoms with Crippen LogP contribution in [0.5, 0.6) is 0 Å². The van der Waals surface area contributed by atoms with Gasteiger partial charge in [-0.1, -0.05) is 18.2 Å². The Labute approximate surface area is 226 Å². The van der Waals surface area contributed by atoms with E-state index in [9.17, 15) is 5.11 Å². The van der Waals surface area contributed by atoms with Gasteiger partial charge in [0.2, 0.25) is 0 Å². The molecule has 0 aliphatic carbocycles. The molecule has 5 rings (SSSR count). The van der Waals surface area contributed by atoms with Crippen LogP contribution in [-0.2, 0) is 10.3 Å². The number of ether oxygens (including phenoxy) is 1. The van der Waals surface area contributed by atoms with Crippen LogP contribution in [0.1, 0.15) is 56.3 Å². The van der Waals surface area contributed by atoms with Crippen molar-refractivity contribution in [3.63, 3.8) is 0 Å². The van der Waals surface area contributed by atoms with Gasteiger partial charge in [0.05, 0.1) is 33.9 Å². The Balaban J connectivity index is 1.93. The molecule has 1 fully saturated rings. The number of nitrogens with zero attached hydrogens (tertiary/aromatic N) is 3. The van der Waals surface area contributed by atoms with Gasteiger partial charge in [0.1, 0.15) is 11.6 Å². The second kappa shape index (κ2) is 10.2. The van der Waals surface area contributed by atoms with Gasteiger partial charge in [0.15, 0.2) is 0 Å². The lowest BCUT2D eigenvalue weighted by molar-refractivity contribution is 0.0548. The van der Waals surface area contributed by atoms with Crippen molar-refractivity contribution in [1.29, 1.82) is 0 Å². The van der Waals surface area contributed by atoms with Crippen LogP contribution in [-0.4, -0.2) is 39.9 Å². The number of allylic oxidation sites excluding steroid dienone is 1. The molecule has 39 heavy (non-hydrogen) atoms. The first-order valence-electron chi connectivity index (χ1n) is 13.1. The molecule has 1 atom stereocenters. The Morgan fingerprint density at radius 1 is 1.13 bits per heavy atom. The second-order valence-corrected chi connectivity index (χ2v) is 10.9. The van der Waals surface area contributed by atoms with Gasteiger partial charge in [-0.2, -0.15) is 0 Å². The summed E-state index contributed by atoms with van der Waals surface area (Å²) in [5, 5.41) is 12.7. The molecule has 0 amide bonds. The molecule has 5 N–H and O–H groups in total. The molecular weight excluding hydrogens is 500 g/mol. The fraction of sp³-hybridized carbons (Fsp3) is 0.367. The molecule has 206 valence electrons. The molecule has 0 spiro atoms. The zero-order valence-corrected chi connectivity index (χ0v) is 22.7. The third kappa shape index (κ3) is 4.86. The van der Waals surface area contributed by atoms with Crippen LogP contribution >= 0.6 is 0 Å². The highest BCUT2D eigenvalue weighted by Crippen LogP contribution is 2.43.